The number of aromatic nitrogens is 2. The van der Waals surface area contributed by atoms with Crippen LogP contribution in [-0.4, -0.2) is 35.6 Å². The lowest BCUT2D eigenvalue weighted by Gasteiger charge is -2.19. The Balaban J connectivity index is 1.59. The molecule has 0 spiro atoms. The first-order valence-corrected chi connectivity index (χ1v) is 11.0. The van der Waals surface area contributed by atoms with E-state index in [1.54, 1.807) is 19.2 Å². The molecule has 0 aliphatic heterocycles. The molecule has 8 heteroatoms. The average Bonchev–Trinajstić information content (AvgIpc) is 3.21. The number of anilines is 1. The van der Waals surface area contributed by atoms with Gasteiger partial charge in [0.05, 0.1) is 6.54 Å². The Morgan fingerprint density at radius 2 is 1.67 bits per heavy atom. The van der Waals surface area contributed by atoms with Crippen LogP contribution in [0.3, 0.4) is 0 Å². The summed E-state index contributed by atoms with van der Waals surface area (Å²) in [5.74, 6) is -0.557. The van der Waals surface area contributed by atoms with Crippen molar-refractivity contribution in [3.63, 3.8) is 0 Å². The quantitative estimate of drug-likeness (QED) is 0.568. The molecule has 30 heavy (non-hydrogen) atoms. The molecule has 0 aliphatic rings. The second-order valence-electron chi connectivity index (χ2n) is 7.86. The largest absolute Gasteiger partial charge is 0.343 e. The van der Waals surface area contributed by atoms with Gasteiger partial charge in [-0.05, 0) is 35.2 Å². The molecule has 3 aromatic rings. The van der Waals surface area contributed by atoms with Crippen LogP contribution < -0.4 is 10.2 Å². The molecule has 0 saturated carbocycles. The predicted molar refractivity (Wildman–Crippen MR) is 124 cm³/mol. The van der Waals surface area contributed by atoms with Crippen molar-refractivity contribution >= 4 is 44.2 Å². The second kappa shape index (κ2) is 9.06. The van der Waals surface area contributed by atoms with Crippen molar-refractivity contribution in [2.45, 2.75) is 26.2 Å². The maximum Gasteiger partial charge on any atom is 0.251 e. The van der Waals surface area contributed by atoms with Gasteiger partial charge in [-0.2, -0.15) is 0 Å². The van der Waals surface area contributed by atoms with Crippen molar-refractivity contribution in [3.8, 4) is 10.6 Å². The molecule has 0 saturated heterocycles. The fraction of sp³-hybridized carbons (Fsp3) is 0.273. The van der Waals surface area contributed by atoms with Gasteiger partial charge < -0.3 is 5.32 Å². The van der Waals surface area contributed by atoms with E-state index in [9.17, 15) is 9.59 Å². The lowest BCUT2D eigenvalue weighted by molar-refractivity contribution is -0.117. The second-order valence-corrected chi connectivity index (χ2v) is 9.73. The fourth-order valence-corrected chi connectivity index (χ4v) is 3.76. The number of hydrogen-bond acceptors (Lipinski definition) is 5. The average molecular weight is 487 g/mol. The van der Waals surface area contributed by atoms with Gasteiger partial charge in [0.25, 0.3) is 5.91 Å². The van der Waals surface area contributed by atoms with Crippen LogP contribution in [-0.2, 0) is 10.2 Å². The van der Waals surface area contributed by atoms with E-state index in [2.05, 4.69) is 52.2 Å². The summed E-state index contributed by atoms with van der Waals surface area (Å²) >= 11 is 4.72. The monoisotopic (exact) mass is 486 g/mol. The van der Waals surface area contributed by atoms with Crippen LogP contribution in [0.5, 0.6) is 0 Å². The van der Waals surface area contributed by atoms with Gasteiger partial charge >= 0.3 is 0 Å². The molecule has 1 N–H and O–H groups in total. The van der Waals surface area contributed by atoms with Crippen LogP contribution in [0, 0.1) is 0 Å². The molecule has 0 fully saturated rings. The van der Waals surface area contributed by atoms with E-state index in [-0.39, 0.29) is 23.8 Å². The first-order valence-electron chi connectivity index (χ1n) is 9.40. The van der Waals surface area contributed by atoms with Crippen molar-refractivity contribution in [1.82, 2.24) is 15.5 Å². The minimum Gasteiger partial charge on any atom is -0.343 e. The number of carbonyl (C=O) groups excluding carboxylic acids is 2. The zero-order valence-corrected chi connectivity index (χ0v) is 19.7. The number of halogens is 1. The highest BCUT2D eigenvalue weighted by atomic mass is 79.9. The summed E-state index contributed by atoms with van der Waals surface area (Å²) in [6, 6.07) is 15.1. The fourth-order valence-electron chi connectivity index (χ4n) is 2.66. The van der Waals surface area contributed by atoms with Gasteiger partial charge in [-0.1, -0.05) is 72.3 Å². The first-order chi connectivity index (χ1) is 14.1. The molecule has 2 amide bonds. The van der Waals surface area contributed by atoms with E-state index in [1.807, 2.05) is 36.4 Å². The number of hydrogen-bond donors (Lipinski definition) is 1. The molecule has 0 unspecified atom stereocenters. The summed E-state index contributed by atoms with van der Waals surface area (Å²) in [4.78, 5) is 26.3. The summed E-state index contributed by atoms with van der Waals surface area (Å²) < 4.78 is 0.979. The van der Waals surface area contributed by atoms with Crippen LogP contribution in [0.15, 0.2) is 53.0 Å². The predicted octanol–water partition coefficient (Wildman–Crippen LogP) is 4.66. The van der Waals surface area contributed by atoms with Gasteiger partial charge in [-0.15, -0.1) is 10.2 Å². The third-order valence-electron chi connectivity index (χ3n) is 4.58. The zero-order chi connectivity index (χ0) is 21.9. The molecule has 2 aromatic carbocycles. The number of carbonyl (C=O) groups is 2. The molecule has 1 heterocycles. The van der Waals surface area contributed by atoms with Crippen molar-refractivity contribution in [3.05, 3.63) is 64.1 Å². The van der Waals surface area contributed by atoms with Gasteiger partial charge in [0, 0.05) is 22.6 Å². The first kappa shape index (κ1) is 22.1. The highest BCUT2D eigenvalue weighted by molar-refractivity contribution is 9.10. The van der Waals surface area contributed by atoms with E-state index < -0.39 is 0 Å². The third kappa shape index (κ3) is 5.31. The molecule has 0 bridgehead atoms. The Morgan fingerprint density at radius 3 is 2.27 bits per heavy atom. The highest BCUT2D eigenvalue weighted by Gasteiger charge is 2.18. The topological polar surface area (TPSA) is 75.2 Å². The SMILES string of the molecule is CN(C(=O)CNC(=O)c1ccc(C(C)(C)C)cc1)c1nnc(-c2ccc(Br)cc2)s1. The molecule has 156 valence electrons. The summed E-state index contributed by atoms with van der Waals surface area (Å²) in [6.45, 7) is 6.23. The molecule has 0 atom stereocenters. The molecule has 0 radical (unpaired) electrons. The Hall–Kier alpha value is -2.58. The molecule has 3 rings (SSSR count). The Morgan fingerprint density at radius 1 is 1.03 bits per heavy atom. The number of nitrogens with one attached hydrogen (secondary N) is 1. The molecular weight excluding hydrogens is 464 g/mol. The lowest BCUT2D eigenvalue weighted by atomic mass is 9.87. The van der Waals surface area contributed by atoms with E-state index in [0.29, 0.717) is 10.7 Å². The maximum absolute atomic E-state index is 12.5. The van der Waals surface area contributed by atoms with Gasteiger partial charge in [0.15, 0.2) is 0 Å². The number of nitrogens with zero attached hydrogens (tertiary/aromatic N) is 3. The van der Waals surface area contributed by atoms with Gasteiger partial charge in [0.2, 0.25) is 11.0 Å². The summed E-state index contributed by atoms with van der Waals surface area (Å²) in [5.41, 5.74) is 2.61. The zero-order valence-electron chi connectivity index (χ0n) is 17.3. The third-order valence-corrected chi connectivity index (χ3v) is 6.16. The summed E-state index contributed by atoms with van der Waals surface area (Å²) in [7, 11) is 1.62. The lowest BCUT2D eigenvalue weighted by Crippen LogP contribution is -2.38. The van der Waals surface area contributed by atoms with E-state index >= 15 is 0 Å². The van der Waals surface area contributed by atoms with Crippen LogP contribution >= 0.6 is 27.3 Å². The number of benzene rings is 2. The Kier molecular flexibility index (Phi) is 6.67. The maximum atomic E-state index is 12.5. The molecule has 0 aliphatic carbocycles. The van der Waals surface area contributed by atoms with Crippen molar-refractivity contribution in [2.24, 2.45) is 0 Å². The number of likely N-dealkylation sites (N-methyl/N-ethyl adjacent to an activating group) is 1. The van der Waals surface area contributed by atoms with Crippen LogP contribution in [0.4, 0.5) is 5.13 Å². The van der Waals surface area contributed by atoms with E-state index in [0.717, 1.165) is 20.6 Å². The molecule has 1 aromatic heterocycles. The van der Waals surface area contributed by atoms with Crippen LogP contribution in [0.25, 0.3) is 10.6 Å². The summed E-state index contributed by atoms with van der Waals surface area (Å²) in [5, 5.41) is 12.1. The Labute approximate surface area is 188 Å². The normalized spacial score (nSPS) is 11.2. The van der Waals surface area contributed by atoms with Gasteiger partial charge in [-0.25, -0.2) is 0 Å². The molecule has 6 nitrogen and oxygen atoms in total. The smallest absolute Gasteiger partial charge is 0.251 e. The number of rotatable bonds is 5. The van der Waals surface area contributed by atoms with Gasteiger partial charge in [-0.3, -0.25) is 14.5 Å². The highest BCUT2D eigenvalue weighted by Crippen LogP contribution is 2.29. The van der Waals surface area contributed by atoms with Crippen molar-refractivity contribution in [1.29, 1.82) is 0 Å². The van der Waals surface area contributed by atoms with Crippen molar-refractivity contribution in [2.75, 3.05) is 18.5 Å². The minimum absolute atomic E-state index is 0.0184. The van der Waals surface area contributed by atoms with Crippen LogP contribution in [0.2, 0.25) is 0 Å². The van der Waals surface area contributed by atoms with Crippen molar-refractivity contribution < 1.29 is 9.59 Å². The molecular formula is C22H23BrN4O2S. The summed E-state index contributed by atoms with van der Waals surface area (Å²) in [6.07, 6.45) is 0. The minimum atomic E-state index is -0.287. The van der Waals surface area contributed by atoms with Gasteiger partial charge in [0.1, 0.15) is 5.01 Å². The standard InChI is InChI=1S/C22H23BrN4O2S/c1-22(2,3)16-9-5-14(6-10-16)19(29)24-13-18(28)27(4)21-26-25-20(30-21)15-7-11-17(23)12-8-15/h5-12H,13H2,1-4H3,(H,24,29). The number of amides is 2. The van der Waals surface area contributed by atoms with E-state index in [1.165, 1.54) is 16.2 Å². The van der Waals surface area contributed by atoms with E-state index in [4.69, 9.17) is 0 Å². The van der Waals surface area contributed by atoms with Crippen LogP contribution in [0.1, 0.15) is 36.7 Å². The Bertz CT molecular complexity index is 1040.